The van der Waals surface area contributed by atoms with Gasteiger partial charge in [-0.15, -0.1) is 0 Å². The lowest BCUT2D eigenvalue weighted by atomic mass is 9.71. The van der Waals surface area contributed by atoms with Crippen LogP contribution in [0.2, 0.25) is 0 Å². The Morgan fingerprint density at radius 1 is 1.67 bits per heavy atom. The minimum absolute atomic E-state index is 0.0885. The zero-order chi connectivity index (χ0) is 6.74. The van der Waals surface area contributed by atoms with E-state index < -0.39 is 0 Å². The Balaban J connectivity index is 2.37. The van der Waals surface area contributed by atoms with Crippen LogP contribution in [-0.2, 0) is 9.53 Å². The highest BCUT2D eigenvalue weighted by Gasteiger charge is 2.36. The minimum Gasteiger partial charge on any atom is -0.384 e. The highest BCUT2D eigenvalue weighted by Crippen LogP contribution is 2.38. The third-order valence-electron chi connectivity index (χ3n) is 2.03. The Hall–Kier alpha value is -0.370. The summed E-state index contributed by atoms with van der Waals surface area (Å²) in [6.45, 7) is 0.608. The molecular weight excluding hydrogens is 116 g/mol. The average Bonchev–Trinajstić information content (AvgIpc) is 1.79. The van der Waals surface area contributed by atoms with Gasteiger partial charge in [-0.2, -0.15) is 0 Å². The van der Waals surface area contributed by atoms with Crippen LogP contribution in [0.4, 0.5) is 0 Å². The molecule has 0 spiro atoms. The standard InChI is InChI=1S/C7H12O2/c1-9-6-7(5-8)3-2-4-7/h5H,2-4,6H2,1H3. The van der Waals surface area contributed by atoms with Gasteiger partial charge in [-0.3, -0.25) is 0 Å². The Bertz CT molecular complexity index is 105. The van der Waals surface area contributed by atoms with Crippen molar-refractivity contribution in [3.8, 4) is 0 Å². The molecule has 1 aliphatic carbocycles. The van der Waals surface area contributed by atoms with Gasteiger partial charge in [-0.05, 0) is 12.8 Å². The first-order valence-electron chi connectivity index (χ1n) is 3.28. The summed E-state index contributed by atoms with van der Waals surface area (Å²) in [6, 6.07) is 0. The van der Waals surface area contributed by atoms with E-state index in [9.17, 15) is 4.79 Å². The fourth-order valence-electron chi connectivity index (χ4n) is 1.21. The zero-order valence-electron chi connectivity index (χ0n) is 5.72. The second kappa shape index (κ2) is 2.48. The molecule has 0 saturated heterocycles. The molecule has 9 heavy (non-hydrogen) atoms. The largest absolute Gasteiger partial charge is 0.384 e. The van der Waals surface area contributed by atoms with Gasteiger partial charge in [0.25, 0.3) is 0 Å². The number of ether oxygens (including phenoxy) is 1. The van der Waals surface area contributed by atoms with Crippen LogP contribution in [0.25, 0.3) is 0 Å². The molecule has 0 atom stereocenters. The maximum atomic E-state index is 10.4. The van der Waals surface area contributed by atoms with E-state index in [4.69, 9.17) is 4.74 Å². The molecule has 0 N–H and O–H groups in total. The molecule has 1 fully saturated rings. The first-order chi connectivity index (χ1) is 4.33. The van der Waals surface area contributed by atoms with Crippen LogP contribution in [0.3, 0.4) is 0 Å². The minimum atomic E-state index is -0.0885. The topological polar surface area (TPSA) is 26.3 Å². The molecule has 2 heteroatoms. The quantitative estimate of drug-likeness (QED) is 0.530. The fourth-order valence-corrected chi connectivity index (χ4v) is 1.21. The molecule has 0 aromatic heterocycles. The predicted octanol–water partition coefficient (Wildman–Crippen LogP) is 1.00. The van der Waals surface area contributed by atoms with Gasteiger partial charge in [0.05, 0.1) is 6.61 Å². The highest BCUT2D eigenvalue weighted by molar-refractivity contribution is 5.60. The number of methoxy groups -OCH3 is 1. The van der Waals surface area contributed by atoms with Gasteiger partial charge in [-0.25, -0.2) is 0 Å². The SMILES string of the molecule is COCC1(C=O)CCC1. The molecule has 0 aromatic carbocycles. The summed E-state index contributed by atoms with van der Waals surface area (Å²) in [4.78, 5) is 10.4. The van der Waals surface area contributed by atoms with Crippen molar-refractivity contribution < 1.29 is 9.53 Å². The van der Waals surface area contributed by atoms with Crippen LogP contribution >= 0.6 is 0 Å². The molecule has 52 valence electrons. The Labute approximate surface area is 55.2 Å². The van der Waals surface area contributed by atoms with Gasteiger partial charge in [0.2, 0.25) is 0 Å². The number of carbonyl (C=O) groups is 1. The van der Waals surface area contributed by atoms with Crippen molar-refractivity contribution in [2.24, 2.45) is 5.41 Å². The van der Waals surface area contributed by atoms with E-state index in [0.29, 0.717) is 6.61 Å². The third kappa shape index (κ3) is 1.13. The van der Waals surface area contributed by atoms with Crippen molar-refractivity contribution in [1.82, 2.24) is 0 Å². The van der Waals surface area contributed by atoms with Gasteiger partial charge in [0.15, 0.2) is 0 Å². The molecule has 1 rings (SSSR count). The molecule has 2 nitrogen and oxygen atoms in total. The molecule has 0 aromatic rings. The monoisotopic (exact) mass is 128 g/mol. The van der Waals surface area contributed by atoms with E-state index in [-0.39, 0.29) is 5.41 Å². The molecule has 1 saturated carbocycles. The maximum Gasteiger partial charge on any atom is 0.128 e. The van der Waals surface area contributed by atoms with Crippen LogP contribution in [0.15, 0.2) is 0 Å². The lowest BCUT2D eigenvalue weighted by molar-refractivity contribution is -0.124. The van der Waals surface area contributed by atoms with E-state index >= 15 is 0 Å². The maximum absolute atomic E-state index is 10.4. The van der Waals surface area contributed by atoms with Crippen LogP contribution in [0.1, 0.15) is 19.3 Å². The van der Waals surface area contributed by atoms with Crippen LogP contribution in [0.5, 0.6) is 0 Å². The van der Waals surface area contributed by atoms with E-state index in [2.05, 4.69) is 0 Å². The van der Waals surface area contributed by atoms with Crippen LogP contribution in [-0.4, -0.2) is 20.0 Å². The molecule has 1 aliphatic rings. The van der Waals surface area contributed by atoms with Crippen molar-refractivity contribution in [3.05, 3.63) is 0 Å². The smallest absolute Gasteiger partial charge is 0.128 e. The zero-order valence-corrected chi connectivity index (χ0v) is 5.72. The Morgan fingerprint density at radius 2 is 2.33 bits per heavy atom. The molecule has 0 unspecified atom stereocenters. The number of rotatable bonds is 3. The van der Waals surface area contributed by atoms with E-state index in [1.165, 1.54) is 6.42 Å². The van der Waals surface area contributed by atoms with Crippen molar-refractivity contribution in [1.29, 1.82) is 0 Å². The molecule has 0 aliphatic heterocycles. The van der Waals surface area contributed by atoms with Crippen LogP contribution < -0.4 is 0 Å². The third-order valence-corrected chi connectivity index (χ3v) is 2.03. The first-order valence-corrected chi connectivity index (χ1v) is 3.28. The molecule has 0 heterocycles. The predicted molar refractivity (Wildman–Crippen MR) is 34.2 cm³/mol. The Kier molecular flexibility index (Phi) is 1.86. The number of aldehydes is 1. The summed E-state index contributed by atoms with van der Waals surface area (Å²) in [5.41, 5.74) is -0.0885. The second-order valence-corrected chi connectivity index (χ2v) is 2.77. The molecule has 0 amide bonds. The molecule has 0 bridgehead atoms. The van der Waals surface area contributed by atoms with E-state index in [1.54, 1.807) is 7.11 Å². The number of carbonyl (C=O) groups excluding carboxylic acids is 1. The molecular formula is C7H12O2. The normalized spacial score (nSPS) is 22.8. The average molecular weight is 128 g/mol. The lowest BCUT2D eigenvalue weighted by Crippen LogP contribution is -2.35. The van der Waals surface area contributed by atoms with Crippen molar-refractivity contribution >= 4 is 6.29 Å². The highest BCUT2D eigenvalue weighted by atomic mass is 16.5. The van der Waals surface area contributed by atoms with Gasteiger partial charge in [-0.1, -0.05) is 6.42 Å². The van der Waals surface area contributed by atoms with Gasteiger partial charge in [0.1, 0.15) is 6.29 Å². The number of hydrogen-bond acceptors (Lipinski definition) is 2. The van der Waals surface area contributed by atoms with Crippen LogP contribution in [0, 0.1) is 5.41 Å². The van der Waals surface area contributed by atoms with Gasteiger partial charge in [0, 0.05) is 12.5 Å². The van der Waals surface area contributed by atoms with Crippen molar-refractivity contribution in [2.75, 3.05) is 13.7 Å². The fraction of sp³-hybridized carbons (Fsp3) is 0.857. The van der Waals surface area contributed by atoms with Crippen molar-refractivity contribution in [2.45, 2.75) is 19.3 Å². The summed E-state index contributed by atoms with van der Waals surface area (Å²) in [6.07, 6.45) is 4.26. The Morgan fingerprint density at radius 3 is 2.44 bits per heavy atom. The van der Waals surface area contributed by atoms with Gasteiger partial charge >= 0.3 is 0 Å². The van der Waals surface area contributed by atoms with Gasteiger partial charge < -0.3 is 9.53 Å². The molecule has 0 radical (unpaired) electrons. The number of hydrogen-bond donors (Lipinski definition) is 0. The van der Waals surface area contributed by atoms with E-state index in [1.807, 2.05) is 0 Å². The first kappa shape index (κ1) is 6.75. The second-order valence-electron chi connectivity index (χ2n) is 2.77. The van der Waals surface area contributed by atoms with Crippen molar-refractivity contribution in [3.63, 3.8) is 0 Å². The van der Waals surface area contributed by atoms with E-state index in [0.717, 1.165) is 19.1 Å². The summed E-state index contributed by atoms with van der Waals surface area (Å²) in [5, 5.41) is 0. The summed E-state index contributed by atoms with van der Waals surface area (Å²) in [5.74, 6) is 0. The summed E-state index contributed by atoms with van der Waals surface area (Å²) in [7, 11) is 1.64. The summed E-state index contributed by atoms with van der Waals surface area (Å²) < 4.78 is 4.91. The lowest BCUT2D eigenvalue weighted by Gasteiger charge is -2.35. The summed E-state index contributed by atoms with van der Waals surface area (Å²) >= 11 is 0.